The summed E-state index contributed by atoms with van der Waals surface area (Å²) in [5, 5.41) is 9.78. The highest BCUT2D eigenvalue weighted by Crippen LogP contribution is 2.47. The molecule has 108 valence electrons. The molecular weight excluding hydrogens is 282 g/mol. The first kappa shape index (κ1) is 15.0. The maximum Gasteiger partial charge on any atom is 0.0939 e. The third-order valence-electron chi connectivity index (χ3n) is 3.78. The normalized spacial score (nSPS) is 30.1. The van der Waals surface area contributed by atoms with Gasteiger partial charge in [0.25, 0.3) is 0 Å². The Balaban J connectivity index is 1.86. The van der Waals surface area contributed by atoms with Gasteiger partial charge in [-0.25, -0.2) is 0 Å². The molecule has 2 aliphatic rings. The first-order chi connectivity index (χ1) is 9.05. The Hall–Kier alpha value is -0.390. The van der Waals surface area contributed by atoms with E-state index in [-0.39, 0.29) is 0 Å². The second kappa shape index (κ2) is 6.37. The molecule has 2 fully saturated rings. The van der Waals surface area contributed by atoms with Crippen LogP contribution in [0.2, 0.25) is 0 Å². The number of piperazine rings is 1. The van der Waals surface area contributed by atoms with Crippen molar-refractivity contribution in [3.63, 3.8) is 0 Å². The number of nitrogens with zero attached hydrogens (tertiary/aromatic N) is 3. The molecule has 2 saturated heterocycles. The Morgan fingerprint density at radius 3 is 2.53 bits per heavy atom. The van der Waals surface area contributed by atoms with Gasteiger partial charge in [0, 0.05) is 44.0 Å². The van der Waals surface area contributed by atoms with E-state index in [2.05, 4.69) is 15.9 Å². The van der Waals surface area contributed by atoms with E-state index < -0.39 is 10.6 Å². The molecule has 0 aliphatic carbocycles. The maximum atomic E-state index is 9.70. The molecule has 2 N–H and O–H groups in total. The van der Waals surface area contributed by atoms with Crippen LogP contribution in [0.25, 0.3) is 0 Å². The molecule has 0 spiro atoms. The van der Waals surface area contributed by atoms with Crippen LogP contribution < -0.4 is 0 Å². The predicted molar refractivity (Wildman–Crippen MR) is 81.3 cm³/mol. The van der Waals surface area contributed by atoms with Crippen LogP contribution in [0.1, 0.15) is 6.42 Å². The van der Waals surface area contributed by atoms with E-state index >= 15 is 0 Å². The summed E-state index contributed by atoms with van der Waals surface area (Å²) < 4.78 is 19.4. The summed E-state index contributed by atoms with van der Waals surface area (Å²) in [5.41, 5.74) is 0. The molecule has 1 atom stereocenters. The maximum absolute atomic E-state index is 9.70. The molecule has 0 radical (unpaired) electrons. The average Bonchev–Trinajstić information content (AvgIpc) is 2.77. The molecule has 0 bridgehead atoms. The summed E-state index contributed by atoms with van der Waals surface area (Å²) in [4.78, 5) is 4.60. The van der Waals surface area contributed by atoms with Gasteiger partial charge in [0.2, 0.25) is 0 Å². The van der Waals surface area contributed by atoms with E-state index in [1.54, 1.807) is 17.8 Å². The topological polar surface area (TPSA) is 70.7 Å². The van der Waals surface area contributed by atoms with Crippen molar-refractivity contribution in [2.45, 2.75) is 12.5 Å². The Morgan fingerprint density at radius 1 is 1.37 bits per heavy atom. The van der Waals surface area contributed by atoms with Crippen molar-refractivity contribution in [2.24, 2.45) is 0 Å². The van der Waals surface area contributed by atoms with E-state index in [0.29, 0.717) is 17.5 Å². The van der Waals surface area contributed by atoms with Gasteiger partial charge in [-0.3, -0.25) is 14.0 Å². The molecule has 7 heteroatoms. The summed E-state index contributed by atoms with van der Waals surface area (Å²) in [6, 6.07) is 2.42. The molecule has 0 aromatic heterocycles. The van der Waals surface area contributed by atoms with Gasteiger partial charge in [0.1, 0.15) is 0 Å². The van der Waals surface area contributed by atoms with Gasteiger partial charge in [0.05, 0.1) is 16.9 Å². The van der Waals surface area contributed by atoms with Crippen LogP contribution in [0.15, 0.2) is 11.1 Å². The zero-order chi connectivity index (χ0) is 13.9. The smallest absolute Gasteiger partial charge is 0.0939 e. The van der Waals surface area contributed by atoms with Crippen LogP contribution in [-0.4, -0.2) is 68.9 Å². The highest BCUT2D eigenvalue weighted by Gasteiger charge is 2.33. The number of thioether (sulfide) groups is 1. The zero-order valence-electron chi connectivity index (χ0n) is 11.2. The van der Waals surface area contributed by atoms with E-state index in [1.165, 1.54) is 0 Å². The summed E-state index contributed by atoms with van der Waals surface area (Å²) in [6.45, 7) is 3.68. The van der Waals surface area contributed by atoms with E-state index in [4.69, 9.17) is 5.26 Å². The van der Waals surface area contributed by atoms with Crippen molar-refractivity contribution >= 4 is 22.4 Å². The first-order valence-corrected chi connectivity index (χ1v) is 9.53. The van der Waals surface area contributed by atoms with Crippen LogP contribution in [0, 0.1) is 11.3 Å². The van der Waals surface area contributed by atoms with Crippen LogP contribution in [0.5, 0.6) is 0 Å². The molecule has 2 rings (SSSR count). The summed E-state index contributed by atoms with van der Waals surface area (Å²) in [6.07, 6.45) is 4.49. The first-order valence-electron chi connectivity index (χ1n) is 6.42. The Bertz CT molecular complexity index is 387. The standard InChI is InChI=1S/C12H21N3O2S2/c1-18-12(2-4-13)15-7-5-14(6-8-15)11-3-9-19(16,17)10-11/h2,11,16-17H,3,5-10H2,1H3/b12-2+. The average molecular weight is 303 g/mol. The van der Waals surface area contributed by atoms with Gasteiger partial charge >= 0.3 is 0 Å². The van der Waals surface area contributed by atoms with E-state index in [9.17, 15) is 9.11 Å². The van der Waals surface area contributed by atoms with Crippen molar-refractivity contribution in [3.05, 3.63) is 11.1 Å². The molecule has 0 saturated carbocycles. The van der Waals surface area contributed by atoms with Crippen LogP contribution >= 0.6 is 22.4 Å². The Labute approximate surface area is 120 Å². The van der Waals surface area contributed by atoms with Crippen LogP contribution in [0.4, 0.5) is 0 Å². The second-order valence-electron chi connectivity index (χ2n) is 4.95. The second-order valence-corrected chi connectivity index (χ2v) is 8.13. The third-order valence-corrected chi connectivity index (χ3v) is 6.38. The molecule has 0 aromatic carbocycles. The van der Waals surface area contributed by atoms with Crippen LogP contribution in [-0.2, 0) is 0 Å². The van der Waals surface area contributed by atoms with E-state index in [0.717, 1.165) is 37.6 Å². The van der Waals surface area contributed by atoms with Crippen molar-refractivity contribution in [1.29, 1.82) is 5.26 Å². The van der Waals surface area contributed by atoms with E-state index in [1.807, 2.05) is 6.26 Å². The number of nitriles is 1. The lowest BCUT2D eigenvalue weighted by Crippen LogP contribution is -2.49. The highest BCUT2D eigenvalue weighted by atomic mass is 32.3. The number of hydrogen-bond acceptors (Lipinski definition) is 6. The lowest BCUT2D eigenvalue weighted by Gasteiger charge is -2.39. The molecule has 1 unspecified atom stereocenters. The summed E-state index contributed by atoms with van der Waals surface area (Å²) in [7, 11) is -2.30. The largest absolute Gasteiger partial charge is 0.363 e. The number of allylic oxidation sites excluding steroid dienone is 1. The minimum absolute atomic E-state index is 0.324. The Kier molecular flexibility index (Phi) is 5.03. The fraction of sp³-hybridized carbons (Fsp3) is 0.750. The Morgan fingerprint density at radius 2 is 2.05 bits per heavy atom. The fourth-order valence-electron chi connectivity index (χ4n) is 2.73. The molecule has 5 nitrogen and oxygen atoms in total. The van der Waals surface area contributed by atoms with Gasteiger partial charge in [-0.2, -0.15) is 15.9 Å². The van der Waals surface area contributed by atoms with Gasteiger partial charge < -0.3 is 4.90 Å². The lowest BCUT2D eigenvalue weighted by atomic mass is 10.2. The van der Waals surface area contributed by atoms with Gasteiger partial charge in [-0.15, -0.1) is 11.8 Å². The molecule has 2 aliphatic heterocycles. The number of rotatable bonds is 3. The summed E-state index contributed by atoms with van der Waals surface area (Å²) >= 11 is 1.60. The minimum atomic E-state index is -2.30. The van der Waals surface area contributed by atoms with Gasteiger partial charge in [0.15, 0.2) is 0 Å². The van der Waals surface area contributed by atoms with Crippen molar-refractivity contribution < 1.29 is 9.11 Å². The monoisotopic (exact) mass is 303 g/mol. The van der Waals surface area contributed by atoms with Crippen molar-refractivity contribution in [2.75, 3.05) is 43.9 Å². The van der Waals surface area contributed by atoms with Gasteiger partial charge in [-0.05, 0) is 12.7 Å². The highest BCUT2D eigenvalue weighted by molar-refractivity contribution is 8.24. The van der Waals surface area contributed by atoms with Crippen LogP contribution in [0.3, 0.4) is 0 Å². The summed E-state index contributed by atoms with van der Waals surface area (Å²) in [5.74, 6) is 1.10. The minimum Gasteiger partial charge on any atom is -0.363 e. The van der Waals surface area contributed by atoms with Crippen molar-refractivity contribution in [3.8, 4) is 6.07 Å². The lowest BCUT2D eigenvalue weighted by molar-refractivity contribution is 0.130. The third kappa shape index (κ3) is 3.80. The molecule has 19 heavy (non-hydrogen) atoms. The molecular formula is C12H21N3O2S2. The van der Waals surface area contributed by atoms with Crippen molar-refractivity contribution in [1.82, 2.24) is 9.80 Å². The zero-order valence-corrected chi connectivity index (χ0v) is 12.8. The van der Waals surface area contributed by atoms with Gasteiger partial charge in [-0.1, -0.05) is 0 Å². The predicted octanol–water partition coefficient (Wildman–Crippen LogP) is 1.85. The SMILES string of the molecule is CS/C(=C/C#N)N1CCN(C2CCS(O)(O)C2)CC1. The molecule has 0 aromatic rings. The molecule has 2 heterocycles. The molecule has 0 amide bonds. The number of hydrogen-bond donors (Lipinski definition) is 2. The fourth-order valence-corrected chi connectivity index (χ4v) is 5.15. The quantitative estimate of drug-likeness (QED) is 0.776.